The van der Waals surface area contributed by atoms with Gasteiger partial charge in [0, 0.05) is 31.6 Å². The lowest BCUT2D eigenvalue weighted by molar-refractivity contribution is -0.192. The monoisotopic (exact) mass is 556 g/mol. The van der Waals surface area contributed by atoms with Crippen molar-refractivity contribution < 1.29 is 42.2 Å². The minimum absolute atomic E-state index is 0.0146. The molecular formula is C26H35F3N4O6. The predicted molar refractivity (Wildman–Crippen MR) is 136 cm³/mol. The molecule has 3 heterocycles. The third-order valence-corrected chi connectivity index (χ3v) is 7.36. The first-order valence-electron chi connectivity index (χ1n) is 13.1. The van der Waals surface area contributed by atoms with Crippen molar-refractivity contribution in [2.75, 3.05) is 44.7 Å². The van der Waals surface area contributed by atoms with Crippen LogP contribution >= 0.6 is 0 Å². The first-order valence-corrected chi connectivity index (χ1v) is 13.1. The van der Waals surface area contributed by atoms with Crippen LogP contribution in [0.15, 0.2) is 18.2 Å². The molecule has 216 valence electrons. The lowest BCUT2D eigenvalue weighted by Crippen LogP contribution is -2.49. The maximum atomic E-state index is 13.2. The zero-order chi connectivity index (χ0) is 28.6. The van der Waals surface area contributed by atoms with Crippen LogP contribution in [0.4, 0.5) is 23.7 Å². The number of rotatable bonds is 6. The van der Waals surface area contributed by atoms with Crippen LogP contribution in [0, 0.1) is 11.8 Å². The zero-order valence-corrected chi connectivity index (χ0v) is 21.9. The van der Waals surface area contributed by atoms with Crippen molar-refractivity contribution in [1.82, 2.24) is 15.5 Å². The molecule has 0 radical (unpaired) electrons. The Morgan fingerprint density at radius 1 is 1.03 bits per heavy atom. The van der Waals surface area contributed by atoms with Gasteiger partial charge in [0.1, 0.15) is 5.75 Å². The van der Waals surface area contributed by atoms with Crippen LogP contribution < -0.4 is 20.3 Å². The van der Waals surface area contributed by atoms with E-state index >= 15 is 0 Å². The summed E-state index contributed by atoms with van der Waals surface area (Å²) in [6, 6.07) is 4.69. The fraction of sp³-hybridized carbons (Fsp3) is 0.615. The average Bonchev–Trinajstić information content (AvgIpc) is 2.92. The topological polar surface area (TPSA) is 128 Å². The number of ether oxygens (including phenoxy) is 1. The Morgan fingerprint density at radius 2 is 1.62 bits per heavy atom. The number of carboxylic acid groups (broad SMARTS) is 1. The average molecular weight is 557 g/mol. The molecule has 3 fully saturated rings. The number of anilines is 1. The number of aliphatic carboxylic acids is 1. The van der Waals surface area contributed by atoms with Gasteiger partial charge in [-0.05, 0) is 68.8 Å². The van der Waals surface area contributed by atoms with E-state index in [1.54, 1.807) is 18.2 Å². The molecule has 0 aromatic heterocycles. The molecule has 4 amide bonds. The van der Waals surface area contributed by atoms with Crippen molar-refractivity contribution in [3.63, 3.8) is 0 Å². The van der Waals surface area contributed by atoms with E-state index in [-0.39, 0.29) is 24.8 Å². The number of alkyl halides is 3. The van der Waals surface area contributed by atoms with Crippen LogP contribution in [-0.4, -0.2) is 79.8 Å². The molecule has 3 aliphatic rings. The third-order valence-electron chi connectivity index (χ3n) is 7.36. The van der Waals surface area contributed by atoms with Gasteiger partial charge in [-0.3, -0.25) is 19.8 Å². The fourth-order valence-corrected chi connectivity index (χ4v) is 5.08. The van der Waals surface area contributed by atoms with Crippen molar-refractivity contribution in [3.05, 3.63) is 23.8 Å². The quantitative estimate of drug-likeness (QED) is 0.490. The van der Waals surface area contributed by atoms with Crippen molar-refractivity contribution in [3.8, 4) is 5.75 Å². The Kier molecular flexibility index (Phi) is 10.6. The number of amides is 4. The normalized spacial score (nSPS) is 19.2. The Morgan fingerprint density at radius 3 is 2.15 bits per heavy atom. The Labute approximate surface area is 224 Å². The summed E-state index contributed by atoms with van der Waals surface area (Å²) in [7, 11) is 1.53. The van der Waals surface area contributed by atoms with Crippen molar-refractivity contribution >= 4 is 29.5 Å². The number of hydrogen-bond acceptors (Lipinski definition) is 6. The summed E-state index contributed by atoms with van der Waals surface area (Å²) in [5, 5.41) is 12.9. The molecular weight excluding hydrogens is 521 g/mol. The smallest absolute Gasteiger partial charge is 0.490 e. The highest BCUT2D eigenvalue weighted by molar-refractivity contribution is 6.07. The third kappa shape index (κ3) is 8.57. The van der Waals surface area contributed by atoms with E-state index in [0.717, 1.165) is 44.9 Å². The minimum Gasteiger partial charge on any atom is -0.495 e. The van der Waals surface area contributed by atoms with Crippen LogP contribution in [0.5, 0.6) is 5.75 Å². The SMILES string of the molecule is COc1ccc(C(=O)N2CCC(CCC3CCNCC3)CC2)cc1N1CCC(=O)NC1=O.O=C(O)C(F)(F)F. The van der Waals surface area contributed by atoms with E-state index < -0.39 is 18.2 Å². The van der Waals surface area contributed by atoms with Gasteiger partial charge in [0.2, 0.25) is 5.91 Å². The van der Waals surface area contributed by atoms with E-state index in [2.05, 4.69) is 10.6 Å². The molecule has 3 aliphatic heterocycles. The Hall–Kier alpha value is -3.35. The van der Waals surface area contributed by atoms with Crippen LogP contribution in [0.1, 0.15) is 55.3 Å². The van der Waals surface area contributed by atoms with Crippen molar-refractivity contribution in [2.24, 2.45) is 11.8 Å². The van der Waals surface area contributed by atoms with Gasteiger partial charge in [-0.1, -0.05) is 12.8 Å². The molecule has 0 saturated carbocycles. The molecule has 0 bridgehead atoms. The second-order valence-corrected chi connectivity index (χ2v) is 9.95. The number of carboxylic acids is 1. The molecule has 1 aromatic carbocycles. The molecule has 3 N–H and O–H groups in total. The molecule has 4 rings (SSSR count). The molecule has 1 aromatic rings. The summed E-state index contributed by atoms with van der Waals surface area (Å²) in [6.45, 7) is 4.11. The number of nitrogens with one attached hydrogen (secondary N) is 2. The number of benzene rings is 1. The van der Waals surface area contributed by atoms with Gasteiger partial charge < -0.3 is 20.1 Å². The van der Waals surface area contributed by atoms with Gasteiger partial charge in [0.15, 0.2) is 0 Å². The predicted octanol–water partition coefficient (Wildman–Crippen LogP) is 3.41. The maximum Gasteiger partial charge on any atom is 0.490 e. The molecule has 0 aliphatic carbocycles. The summed E-state index contributed by atoms with van der Waals surface area (Å²) in [4.78, 5) is 49.3. The van der Waals surface area contributed by atoms with E-state index in [9.17, 15) is 27.6 Å². The lowest BCUT2D eigenvalue weighted by atomic mass is 9.85. The van der Waals surface area contributed by atoms with Crippen LogP contribution in [0.2, 0.25) is 0 Å². The molecule has 10 nitrogen and oxygen atoms in total. The van der Waals surface area contributed by atoms with E-state index in [1.165, 1.54) is 37.7 Å². The summed E-state index contributed by atoms with van der Waals surface area (Å²) in [6.07, 6.45) is 2.40. The number of nitrogens with zero attached hydrogens (tertiary/aromatic N) is 2. The number of hydrogen-bond donors (Lipinski definition) is 3. The molecule has 0 atom stereocenters. The molecule has 3 saturated heterocycles. The summed E-state index contributed by atoms with van der Waals surface area (Å²) < 4.78 is 37.1. The number of carbonyl (C=O) groups is 4. The summed E-state index contributed by atoms with van der Waals surface area (Å²) in [5.41, 5.74) is 1.05. The number of methoxy groups -OCH3 is 1. The first kappa shape index (κ1) is 30.2. The second kappa shape index (κ2) is 13.6. The number of carbonyl (C=O) groups excluding carboxylic acids is 3. The first-order chi connectivity index (χ1) is 18.5. The Bertz CT molecular complexity index is 1040. The fourth-order valence-electron chi connectivity index (χ4n) is 5.08. The van der Waals surface area contributed by atoms with Gasteiger partial charge in [0.25, 0.3) is 5.91 Å². The number of likely N-dealkylation sites (tertiary alicyclic amines) is 1. The van der Waals surface area contributed by atoms with Crippen LogP contribution in [0.3, 0.4) is 0 Å². The highest BCUT2D eigenvalue weighted by atomic mass is 19.4. The van der Waals surface area contributed by atoms with E-state index in [4.69, 9.17) is 14.6 Å². The number of halogens is 3. The minimum atomic E-state index is -5.08. The summed E-state index contributed by atoms with van der Waals surface area (Å²) >= 11 is 0. The van der Waals surface area contributed by atoms with Crippen LogP contribution in [-0.2, 0) is 9.59 Å². The second-order valence-electron chi connectivity index (χ2n) is 9.95. The largest absolute Gasteiger partial charge is 0.495 e. The Balaban J connectivity index is 0.000000532. The van der Waals surface area contributed by atoms with Crippen molar-refractivity contribution in [1.29, 1.82) is 0 Å². The zero-order valence-electron chi connectivity index (χ0n) is 21.9. The van der Waals surface area contributed by atoms with Gasteiger partial charge in [-0.2, -0.15) is 13.2 Å². The lowest BCUT2D eigenvalue weighted by Gasteiger charge is -2.33. The molecule has 0 unspecified atom stereocenters. The molecule has 0 spiro atoms. The number of urea groups is 1. The van der Waals surface area contributed by atoms with Gasteiger partial charge >= 0.3 is 18.2 Å². The van der Waals surface area contributed by atoms with Crippen LogP contribution in [0.25, 0.3) is 0 Å². The molecule has 13 heteroatoms. The number of imide groups is 1. The van der Waals surface area contributed by atoms with E-state index in [0.29, 0.717) is 22.9 Å². The van der Waals surface area contributed by atoms with Gasteiger partial charge in [0.05, 0.1) is 12.8 Å². The number of piperidine rings is 2. The van der Waals surface area contributed by atoms with E-state index in [1.807, 2.05) is 4.90 Å². The maximum absolute atomic E-state index is 13.2. The summed E-state index contributed by atoms with van der Waals surface area (Å²) in [5.74, 6) is -0.999. The highest BCUT2D eigenvalue weighted by Crippen LogP contribution is 2.32. The van der Waals surface area contributed by atoms with Crippen molar-refractivity contribution in [2.45, 2.75) is 51.1 Å². The molecule has 39 heavy (non-hydrogen) atoms. The van der Waals surface area contributed by atoms with Gasteiger partial charge in [-0.25, -0.2) is 9.59 Å². The highest BCUT2D eigenvalue weighted by Gasteiger charge is 2.38. The van der Waals surface area contributed by atoms with Gasteiger partial charge in [-0.15, -0.1) is 0 Å². The standard InChI is InChI=1S/C24H34N4O4.C2HF3O2/c1-32-21-5-4-19(16-20(21)28-15-10-22(29)26-24(28)31)23(30)27-13-8-18(9-14-27)3-2-17-6-11-25-12-7-17;3-2(4,5)1(6)7/h4-5,16-18,25H,2-3,6-15H2,1H3,(H,26,29,31);(H,6,7).